The summed E-state index contributed by atoms with van der Waals surface area (Å²) in [5, 5.41) is 0. The molecule has 0 saturated carbocycles. The number of carbonyl (C=O) groups excluding carboxylic acids is 2. The predicted molar refractivity (Wildman–Crippen MR) is 92.0 cm³/mol. The second-order valence-electron chi connectivity index (χ2n) is 5.31. The maximum Gasteiger partial charge on any atom is 0.264 e. The van der Waals surface area contributed by atoms with Crippen molar-refractivity contribution >= 4 is 49.1 Å². The first-order valence-corrected chi connectivity index (χ1v) is 10.4. The highest BCUT2D eigenvalue weighted by Crippen LogP contribution is 2.23. The van der Waals surface area contributed by atoms with E-state index >= 15 is 0 Å². The first-order chi connectivity index (χ1) is 10.7. The fourth-order valence-corrected chi connectivity index (χ4v) is 4.47. The van der Waals surface area contributed by atoms with Gasteiger partial charge in [-0.15, -0.1) is 11.3 Å². The number of sulfonamides is 1. The smallest absolute Gasteiger partial charge is 0.264 e. The predicted octanol–water partition coefficient (Wildman–Crippen LogP) is 0.686. The lowest BCUT2D eigenvalue weighted by atomic mass is 10.3. The summed E-state index contributed by atoms with van der Waals surface area (Å²) in [5.41, 5.74) is 0. The van der Waals surface area contributed by atoms with E-state index in [2.05, 4.69) is 15.9 Å². The van der Waals surface area contributed by atoms with Gasteiger partial charge in [0.05, 0.1) is 21.5 Å². The van der Waals surface area contributed by atoms with E-state index in [1.807, 2.05) is 0 Å². The van der Waals surface area contributed by atoms with E-state index in [0.29, 0.717) is 31.1 Å². The number of rotatable bonds is 4. The summed E-state index contributed by atoms with van der Waals surface area (Å²) in [6.07, 6.45) is 1.16. The standard InChI is InChI=1S/C13H18BrN3O4S2/c1-15(13(19)10-3-4-11(14)22-10)9-12(18)16-5-7-17(8-6-16)23(2,20)21/h3-4H,5-9H2,1-2H3. The number of amides is 2. The van der Waals surface area contributed by atoms with Crippen molar-refractivity contribution < 1.29 is 18.0 Å². The van der Waals surface area contributed by atoms with Crippen molar-refractivity contribution in [1.82, 2.24) is 14.1 Å². The Bertz CT molecular complexity index is 696. The largest absolute Gasteiger partial charge is 0.339 e. The zero-order valence-corrected chi connectivity index (χ0v) is 16.1. The molecule has 2 amide bonds. The van der Waals surface area contributed by atoms with E-state index in [1.54, 1.807) is 24.1 Å². The maximum atomic E-state index is 12.3. The Kier molecular flexibility index (Phi) is 5.82. The molecule has 128 valence electrons. The van der Waals surface area contributed by atoms with Gasteiger partial charge >= 0.3 is 0 Å². The van der Waals surface area contributed by atoms with Crippen LogP contribution in [0.4, 0.5) is 0 Å². The normalized spacial score (nSPS) is 16.4. The lowest BCUT2D eigenvalue weighted by molar-refractivity contribution is -0.132. The average Bonchev–Trinajstić information content (AvgIpc) is 2.92. The van der Waals surface area contributed by atoms with Gasteiger partial charge in [0.25, 0.3) is 5.91 Å². The molecule has 0 aliphatic carbocycles. The molecule has 10 heteroatoms. The van der Waals surface area contributed by atoms with Crippen molar-refractivity contribution in [3.8, 4) is 0 Å². The van der Waals surface area contributed by atoms with Crippen LogP contribution in [0.1, 0.15) is 9.67 Å². The first-order valence-electron chi connectivity index (χ1n) is 6.92. The maximum absolute atomic E-state index is 12.3. The zero-order chi connectivity index (χ0) is 17.2. The molecule has 1 aromatic heterocycles. The number of likely N-dealkylation sites (N-methyl/N-ethyl adjacent to an activating group) is 1. The summed E-state index contributed by atoms with van der Waals surface area (Å²) in [7, 11) is -1.63. The molecule has 7 nitrogen and oxygen atoms in total. The summed E-state index contributed by atoms with van der Waals surface area (Å²) >= 11 is 4.62. The monoisotopic (exact) mass is 423 g/mol. The number of piperazine rings is 1. The first kappa shape index (κ1) is 18.4. The summed E-state index contributed by atoms with van der Waals surface area (Å²) < 4.78 is 25.1. The van der Waals surface area contributed by atoms with Crippen LogP contribution in [-0.4, -0.2) is 80.4 Å². The van der Waals surface area contributed by atoms with Gasteiger partial charge < -0.3 is 9.80 Å². The van der Waals surface area contributed by atoms with Gasteiger partial charge in [-0.1, -0.05) is 0 Å². The molecule has 1 aliphatic rings. The molecule has 1 aliphatic heterocycles. The molecule has 0 aromatic carbocycles. The highest BCUT2D eigenvalue weighted by atomic mass is 79.9. The van der Waals surface area contributed by atoms with Crippen LogP contribution in [0.2, 0.25) is 0 Å². The summed E-state index contributed by atoms with van der Waals surface area (Å²) in [6, 6.07) is 3.50. The van der Waals surface area contributed by atoms with Gasteiger partial charge in [-0.3, -0.25) is 9.59 Å². The third-order valence-electron chi connectivity index (χ3n) is 3.56. The van der Waals surface area contributed by atoms with E-state index in [4.69, 9.17) is 0 Å². The lowest BCUT2D eigenvalue weighted by Gasteiger charge is -2.34. The Hall–Kier alpha value is -0.970. The molecular formula is C13H18BrN3O4S2. The van der Waals surface area contributed by atoms with Crippen molar-refractivity contribution in [2.75, 3.05) is 46.0 Å². The van der Waals surface area contributed by atoms with Crippen molar-refractivity contribution in [2.45, 2.75) is 0 Å². The third kappa shape index (κ3) is 4.75. The summed E-state index contributed by atoms with van der Waals surface area (Å²) in [6.45, 7) is 1.25. The molecule has 0 unspecified atom stereocenters. The number of carbonyl (C=O) groups is 2. The molecule has 0 N–H and O–H groups in total. The molecule has 23 heavy (non-hydrogen) atoms. The third-order valence-corrected chi connectivity index (χ3v) is 6.48. The van der Waals surface area contributed by atoms with Crippen LogP contribution in [0.3, 0.4) is 0 Å². The van der Waals surface area contributed by atoms with Gasteiger partial charge in [-0.2, -0.15) is 4.31 Å². The van der Waals surface area contributed by atoms with Gasteiger partial charge in [-0.05, 0) is 28.1 Å². The molecule has 2 rings (SSSR count). The molecule has 1 fully saturated rings. The Balaban J connectivity index is 1.89. The highest BCUT2D eigenvalue weighted by Gasteiger charge is 2.27. The summed E-state index contributed by atoms with van der Waals surface area (Å²) in [4.78, 5) is 28.0. The van der Waals surface area contributed by atoms with E-state index in [1.165, 1.54) is 20.5 Å². The van der Waals surface area contributed by atoms with E-state index in [9.17, 15) is 18.0 Å². The van der Waals surface area contributed by atoms with E-state index in [-0.39, 0.29) is 18.4 Å². The van der Waals surface area contributed by atoms with Crippen molar-refractivity contribution in [3.05, 3.63) is 20.8 Å². The lowest BCUT2D eigenvalue weighted by Crippen LogP contribution is -2.52. The molecule has 2 heterocycles. The number of halogens is 1. The van der Waals surface area contributed by atoms with Gasteiger partial charge in [-0.25, -0.2) is 8.42 Å². The second-order valence-corrected chi connectivity index (χ2v) is 9.75. The number of thiophene rings is 1. The van der Waals surface area contributed by atoms with Gasteiger partial charge in [0.1, 0.15) is 0 Å². The van der Waals surface area contributed by atoms with E-state index in [0.717, 1.165) is 10.0 Å². The van der Waals surface area contributed by atoms with Crippen molar-refractivity contribution in [1.29, 1.82) is 0 Å². The summed E-state index contributed by atoms with van der Waals surface area (Å²) in [5.74, 6) is -0.381. The van der Waals surface area contributed by atoms with Gasteiger partial charge in [0.2, 0.25) is 15.9 Å². The molecule has 0 radical (unpaired) electrons. The average molecular weight is 424 g/mol. The molecule has 0 bridgehead atoms. The molecule has 1 saturated heterocycles. The van der Waals surface area contributed by atoms with Crippen LogP contribution in [0.5, 0.6) is 0 Å². The van der Waals surface area contributed by atoms with Crippen molar-refractivity contribution in [3.63, 3.8) is 0 Å². The fraction of sp³-hybridized carbons (Fsp3) is 0.538. The van der Waals surface area contributed by atoms with Crippen LogP contribution in [0, 0.1) is 0 Å². The van der Waals surface area contributed by atoms with Crippen LogP contribution >= 0.6 is 27.3 Å². The quantitative estimate of drug-likeness (QED) is 0.713. The minimum absolute atomic E-state index is 0.0206. The minimum atomic E-state index is -3.22. The highest BCUT2D eigenvalue weighted by molar-refractivity contribution is 9.11. The van der Waals surface area contributed by atoms with Crippen LogP contribution < -0.4 is 0 Å². The molecule has 1 aromatic rings. The van der Waals surface area contributed by atoms with Gasteiger partial charge in [0, 0.05) is 33.2 Å². The molecule has 0 atom stereocenters. The van der Waals surface area contributed by atoms with Crippen molar-refractivity contribution in [2.24, 2.45) is 0 Å². The Labute approximate surface area is 148 Å². The molecular weight excluding hydrogens is 406 g/mol. The van der Waals surface area contributed by atoms with Crippen LogP contribution in [0.15, 0.2) is 15.9 Å². The SMILES string of the molecule is CN(CC(=O)N1CCN(S(C)(=O)=O)CC1)C(=O)c1ccc(Br)s1. The number of nitrogens with zero attached hydrogens (tertiary/aromatic N) is 3. The van der Waals surface area contributed by atoms with Gasteiger partial charge in [0.15, 0.2) is 0 Å². The van der Waals surface area contributed by atoms with E-state index < -0.39 is 10.0 Å². The number of hydrogen-bond acceptors (Lipinski definition) is 5. The fourth-order valence-electron chi connectivity index (χ4n) is 2.26. The Morgan fingerprint density at radius 3 is 2.35 bits per heavy atom. The Morgan fingerprint density at radius 2 is 1.87 bits per heavy atom. The number of hydrogen-bond donors (Lipinski definition) is 0. The zero-order valence-electron chi connectivity index (χ0n) is 12.9. The van der Waals surface area contributed by atoms with Crippen LogP contribution in [0.25, 0.3) is 0 Å². The minimum Gasteiger partial charge on any atom is -0.339 e. The molecule has 0 spiro atoms. The second kappa shape index (κ2) is 7.29. The topological polar surface area (TPSA) is 78.0 Å². The van der Waals surface area contributed by atoms with Crippen LogP contribution in [-0.2, 0) is 14.8 Å². The Morgan fingerprint density at radius 1 is 1.26 bits per heavy atom.